The van der Waals surface area contributed by atoms with Crippen LogP contribution >= 0.6 is 0 Å². The van der Waals surface area contributed by atoms with Gasteiger partial charge in [-0.2, -0.15) is 0 Å². The fourth-order valence-electron chi connectivity index (χ4n) is 4.76. The molecule has 1 N–H and O–H groups in total. The maximum atomic E-state index is 12.2. The molecule has 0 amide bonds. The molecule has 0 saturated heterocycles. The number of methoxy groups -OCH3 is 1. The monoisotopic (exact) mass is 302 g/mol. The van der Waals surface area contributed by atoms with E-state index in [1.807, 2.05) is 0 Å². The molecule has 3 rings (SSSR count). The van der Waals surface area contributed by atoms with E-state index in [0.29, 0.717) is 0 Å². The highest BCUT2D eigenvalue weighted by Gasteiger charge is 2.47. The molecule has 1 aromatic rings. The molecular formula is C19H26O3. The fraction of sp³-hybridized carbons (Fsp3) is 0.632. The Labute approximate surface area is 132 Å². The third-order valence-electron chi connectivity index (χ3n) is 5.86. The lowest BCUT2D eigenvalue weighted by molar-refractivity contribution is -0.143. The molecule has 1 fully saturated rings. The van der Waals surface area contributed by atoms with Gasteiger partial charge in [-0.1, -0.05) is 12.8 Å². The molecule has 0 spiro atoms. The topological polar surface area (TPSA) is 46.5 Å². The van der Waals surface area contributed by atoms with Gasteiger partial charge in [-0.05, 0) is 74.6 Å². The lowest BCUT2D eigenvalue weighted by Gasteiger charge is -2.33. The molecule has 2 aliphatic rings. The summed E-state index contributed by atoms with van der Waals surface area (Å²) in [7, 11) is 1.69. The van der Waals surface area contributed by atoms with E-state index in [1.54, 1.807) is 7.11 Å². The van der Waals surface area contributed by atoms with Gasteiger partial charge in [0.1, 0.15) is 5.75 Å². The summed E-state index contributed by atoms with van der Waals surface area (Å²) in [6.07, 6.45) is 8.05. The maximum Gasteiger partial charge on any atom is 0.314 e. The van der Waals surface area contributed by atoms with Crippen LogP contribution in [0.5, 0.6) is 5.75 Å². The SMILES string of the molecule is COc1c(C)c2c(c(C)c1C1(C(=O)O)CCCC1)CCCC2. The first-order chi connectivity index (χ1) is 10.5. The molecular weight excluding hydrogens is 276 g/mol. The first-order valence-electron chi connectivity index (χ1n) is 8.45. The van der Waals surface area contributed by atoms with Gasteiger partial charge in [0.05, 0.1) is 12.5 Å². The van der Waals surface area contributed by atoms with Crippen LogP contribution in [0.1, 0.15) is 66.3 Å². The van der Waals surface area contributed by atoms with Gasteiger partial charge in [0.2, 0.25) is 0 Å². The lowest BCUT2D eigenvalue weighted by atomic mass is 9.72. The van der Waals surface area contributed by atoms with Gasteiger partial charge < -0.3 is 9.84 Å². The molecule has 0 atom stereocenters. The number of ether oxygens (including phenoxy) is 1. The molecule has 3 heteroatoms. The zero-order valence-electron chi connectivity index (χ0n) is 13.9. The number of aliphatic carboxylic acids is 1. The Kier molecular flexibility index (Phi) is 3.92. The van der Waals surface area contributed by atoms with Gasteiger partial charge in [-0.3, -0.25) is 4.79 Å². The molecule has 0 aliphatic heterocycles. The van der Waals surface area contributed by atoms with Crippen LogP contribution in [0.15, 0.2) is 0 Å². The van der Waals surface area contributed by atoms with Crippen LogP contribution in [0.4, 0.5) is 0 Å². The van der Waals surface area contributed by atoms with E-state index in [0.717, 1.165) is 49.8 Å². The van der Waals surface area contributed by atoms with Gasteiger partial charge in [-0.25, -0.2) is 0 Å². The Bertz CT molecular complexity index is 610. The predicted molar refractivity (Wildman–Crippen MR) is 86.9 cm³/mol. The Morgan fingerprint density at radius 1 is 1.00 bits per heavy atom. The second kappa shape index (κ2) is 5.60. The number of rotatable bonds is 3. The highest BCUT2D eigenvalue weighted by molar-refractivity contribution is 5.84. The normalized spacial score (nSPS) is 19.8. The number of hydrogen-bond donors (Lipinski definition) is 1. The largest absolute Gasteiger partial charge is 0.496 e. The Morgan fingerprint density at radius 2 is 1.55 bits per heavy atom. The summed E-state index contributed by atoms with van der Waals surface area (Å²) in [5, 5.41) is 10.0. The standard InChI is InChI=1S/C19H26O3/c1-12-14-8-4-5-9-15(14)13(2)17(22-3)16(12)19(18(20)21)10-6-7-11-19/h4-11H2,1-3H3,(H,20,21). The van der Waals surface area contributed by atoms with Crippen molar-refractivity contribution in [2.75, 3.05) is 7.11 Å². The van der Waals surface area contributed by atoms with Crippen LogP contribution in [-0.2, 0) is 23.1 Å². The summed E-state index contributed by atoms with van der Waals surface area (Å²) in [5.74, 6) is 0.156. The molecule has 0 unspecified atom stereocenters. The highest BCUT2D eigenvalue weighted by Crippen LogP contribution is 2.50. The summed E-state index contributed by atoms with van der Waals surface area (Å²) in [6.45, 7) is 4.22. The quantitative estimate of drug-likeness (QED) is 0.915. The summed E-state index contributed by atoms with van der Waals surface area (Å²) in [6, 6.07) is 0. The number of carboxylic acid groups (broad SMARTS) is 1. The predicted octanol–water partition coefficient (Wildman–Crippen LogP) is 4.09. The fourth-order valence-corrected chi connectivity index (χ4v) is 4.76. The van der Waals surface area contributed by atoms with Crippen molar-refractivity contribution in [2.45, 2.75) is 70.6 Å². The summed E-state index contributed by atoms with van der Waals surface area (Å²) in [4.78, 5) is 12.2. The molecule has 0 radical (unpaired) electrons. The maximum absolute atomic E-state index is 12.2. The minimum absolute atomic E-state index is 0.679. The Hall–Kier alpha value is -1.51. The van der Waals surface area contributed by atoms with Crippen molar-refractivity contribution in [3.05, 3.63) is 27.8 Å². The Morgan fingerprint density at radius 3 is 2.05 bits per heavy atom. The van der Waals surface area contributed by atoms with Crippen LogP contribution in [0.2, 0.25) is 0 Å². The minimum Gasteiger partial charge on any atom is -0.496 e. The van der Waals surface area contributed by atoms with E-state index in [1.165, 1.54) is 35.1 Å². The van der Waals surface area contributed by atoms with E-state index in [9.17, 15) is 9.90 Å². The van der Waals surface area contributed by atoms with Crippen LogP contribution in [0.3, 0.4) is 0 Å². The molecule has 0 bridgehead atoms. The van der Waals surface area contributed by atoms with Crippen molar-refractivity contribution in [3.63, 3.8) is 0 Å². The third kappa shape index (κ3) is 2.05. The highest BCUT2D eigenvalue weighted by atomic mass is 16.5. The zero-order chi connectivity index (χ0) is 15.9. The molecule has 2 aliphatic carbocycles. The van der Waals surface area contributed by atoms with E-state index < -0.39 is 11.4 Å². The van der Waals surface area contributed by atoms with Crippen molar-refractivity contribution in [2.24, 2.45) is 0 Å². The molecule has 3 nitrogen and oxygen atoms in total. The van der Waals surface area contributed by atoms with Crippen molar-refractivity contribution >= 4 is 5.97 Å². The van der Waals surface area contributed by atoms with E-state index in [2.05, 4.69) is 13.8 Å². The first kappa shape index (κ1) is 15.4. The van der Waals surface area contributed by atoms with Gasteiger partial charge in [0.15, 0.2) is 0 Å². The molecule has 1 aromatic carbocycles. The zero-order valence-corrected chi connectivity index (χ0v) is 13.9. The number of hydrogen-bond acceptors (Lipinski definition) is 2. The number of fused-ring (bicyclic) bond motifs is 1. The molecule has 1 saturated carbocycles. The van der Waals surface area contributed by atoms with Crippen molar-refractivity contribution in [1.82, 2.24) is 0 Å². The molecule has 0 aromatic heterocycles. The Balaban J connectivity index is 2.31. The van der Waals surface area contributed by atoms with E-state index >= 15 is 0 Å². The van der Waals surface area contributed by atoms with Crippen LogP contribution in [0, 0.1) is 13.8 Å². The van der Waals surface area contributed by atoms with Crippen LogP contribution < -0.4 is 4.74 Å². The van der Waals surface area contributed by atoms with Crippen LogP contribution in [0.25, 0.3) is 0 Å². The average Bonchev–Trinajstić information content (AvgIpc) is 3.01. The lowest BCUT2D eigenvalue weighted by Crippen LogP contribution is -2.35. The smallest absolute Gasteiger partial charge is 0.314 e. The van der Waals surface area contributed by atoms with Gasteiger partial charge in [0, 0.05) is 5.56 Å². The van der Waals surface area contributed by atoms with Gasteiger partial charge in [-0.15, -0.1) is 0 Å². The molecule has 0 heterocycles. The molecule has 22 heavy (non-hydrogen) atoms. The third-order valence-corrected chi connectivity index (χ3v) is 5.86. The second-order valence-corrected chi connectivity index (χ2v) is 6.92. The van der Waals surface area contributed by atoms with E-state index in [4.69, 9.17) is 4.74 Å². The van der Waals surface area contributed by atoms with E-state index in [-0.39, 0.29) is 0 Å². The minimum atomic E-state index is -0.743. The van der Waals surface area contributed by atoms with Crippen molar-refractivity contribution in [3.8, 4) is 5.75 Å². The number of carboxylic acids is 1. The molecule has 120 valence electrons. The van der Waals surface area contributed by atoms with Crippen molar-refractivity contribution < 1.29 is 14.6 Å². The van der Waals surface area contributed by atoms with Crippen LogP contribution in [-0.4, -0.2) is 18.2 Å². The van der Waals surface area contributed by atoms with Gasteiger partial charge in [0.25, 0.3) is 0 Å². The summed E-state index contributed by atoms with van der Waals surface area (Å²) < 4.78 is 5.75. The van der Waals surface area contributed by atoms with Gasteiger partial charge >= 0.3 is 5.97 Å². The average molecular weight is 302 g/mol. The number of carbonyl (C=O) groups is 1. The summed E-state index contributed by atoms with van der Waals surface area (Å²) in [5.41, 5.74) is 5.38. The number of benzene rings is 1. The first-order valence-corrected chi connectivity index (χ1v) is 8.45. The second-order valence-electron chi connectivity index (χ2n) is 6.92. The summed E-state index contributed by atoms with van der Waals surface area (Å²) >= 11 is 0. The van der Waals surface area contributed by atoms with Crippen molar-refractivity contribution in [1.29, 1.82) is 0 Å².